The first-order valence-corrected chi connectivity index (χ1v) is 5.84. The first-order valence-electron chi connectivity index (χ1n) is 5.84. The zero-order valence-corrected chi connectivity index (χ0v) is 9.37. The monoisotopic (exact) mass is 212 g/mol. The Balaban J connectivity index is 1.65. The lowest BCUT2D eigenvalue weighted by molar-refractivity contribution is -0.129. The third-order valence-electron chi connectivity index (χ3n) is 3.19. The molecule has 1 atom stereocenters. The van der Waals surface area contributed by atoms with Crippen molar-refractivity contribution in [2.75, 3.05) is 26.8 Å². The Morgan fingerprint density at radius 2 is 2.27 bits per heavy atom. The van der Waals surface area contributed by atoms with Crippen molar-refractivity contribution in [3.05, 3.63) is 0 Å². The fourth-order valence-electron chi connectivity index (χ4n) is 1.92. The molecule has 1 aliphatic heterocycles. The van der Waals surface area contributed by atoms with Gasteiger partial charge >= 0.3 is 0 Å². The highest BCUT2D eigenvalue weighted by Gasteiger charge is 2.29. The third-order valence-corrected chi connectivity index (χ3v) is 3.19. The number of hydrogen-bond acceptors (Lipinski definition) is 3. The van der Waals surface area contributed by atoms with E-state index in [1.165, 1.54) is 12.8 Å². The van der Waals surface area contributed by atoms with E-state index in [1.54, 1.807) is 0 Å². The molecule has 0 aromatic heterocycles. The molecule has 0 aromatic rings. The maximum absolute atomic E-state index is 11.7. The minimum atomic E-state index is 0.211. The number of nitrogens with one attached hydrogen (secondary N) is 1. The second-order valence-electron chi connectivity index (χ2n) is 4.53. The van der Waals surface area contributed by atoms with Crippen LogP contribution in [0.4, 0.5) is 0 Å². The molecule has 0 aromatic carbocycles. The van der Waals surface area contributed by atoms with E-state index in [2.05, 4.69) is 5.32 Å². The maximum Gasteiger partial charge on any atom is 0.236 e. The summed E-state index contributed by atoms with van der Waals surface area (Å²) in [4.78, 5) is 13.6. The van der Waals surface area contributed by atoms with Crippen LogP contribution in [0, 0.1) is 0 Å². The molecule has 0 radical (unpaired) electrons. The van der Waals surface area contributed by atoms with Gasteiger partial charge in [0.15, 0.2) is 0 Å². The molecule has 4 nitrogen and oxygen atoms in total. The summed E-state index contributed by atoms with van der Waals surface area (Å²) >= 11 is 0. The normalized spacial score (nSPS) is 26.3. The van der Waals surface area contributed by atoms with E-state index < -0.39 is 0 Å². The number of amides is 1. The summed E-state index contributed by atoms with van der Waals surface area (Å²) in [5.41, 5.74) is 0. The van der Waals surface area contributed by atoms with Gasteiger partial charge in [-0.15, -0.1) is 0 Å². The van der Waals surface area contributed by atoms with E-state index in [-0.39, 0.29) is 5.91 Å². The van der Waals surface area contributed by atoms with Crippen molar-refractivity contribution in [1.82, 2.24) is 10.2 Å². The van der Waals surface area contributed by atoms with E-state index in [9.17, 15) is 4.79 Å². The van der Waals surface area contributed by atoms with Crippen molar-refractivity contribution >= 4 is 5.91 Å². The van der Waals surface area contributed by atoms with Crippen LogP contribution in [0.5, 0.6) is 0 Å². The molecule has 1 N–H and O–H groups in total. The van der Waals surface area contributed by atoms with Crippen LogP contribution >= 0.6 is 0 Å². The Morgan fingerprint density at radius 3 is 2.87 bits per heavy atom. The van der Waals surface area contributed by atoms with E-state index in [4.69, 9.17) is 4.74 Å². The van der Waals surface area contributed by atoms with Gasteiger partial charge in [0.05, 0.1) is 13.2 Å². The molecule has 86 valence electrons. The molecule has 1 amide bonds. The number of likely N-dealkylation sites (N-methyl/N-ethyl adjacent to an activating group) is 1. The van der Waals surface area contributed by atoms with Gasteiger partial charge in [0.25, 0.3) is 0 Å². The summed E-state index contributed by atoms with van der Waals surface area (Å²) in [6.45, 7) is 2.08. The SMILES string of the molecule is CN(C(=O)CNC1CCCOC1)C1CC1. The molecule has 1 unspecified atom stereocenters. The number of nitrogens with zero attached hydrogens (tertiary/aromatic N) is 1. The lowest BCUT2D eigenvalue weighted by Crippen LogP contribution is -2.43. The van der Waals surface area contributed by atoms with Gasteiger partial charge in [-0.05, 0) is 25.7 Å². The van der Waals surface area contributed by atoms with Gasteiger partial charge in [0, 0.05) is 25.7 Å². The van der Waals surface area contributed by atoms with Crippen LogP contribution in [0.25, 0.3) is 0 Å². The van der Waals surface area contributed by atoms with Gasteiger partial charge in [0.2, 0.25) is 5.91 Å². The van der Waals surface area contributed by atoms with Gasteiger partial charge in [0.1, 0.15) is 0 Å². The van der Waals surface area contributed by atoms with Crippen molar-refractivity contribution < 1.29 is 9.53 Å². The predicted molar refractivity (Wildman–Crippen MR) is 57.6 cm³/mol. The average Bonchev–Trinajstić information content (AvgIpc) is 3.10. The second kappa shape index (κ2) is 4.94. The Kier molecular flexibility index (Phi) is 3.59. The number of ether oxygens (including phenoxy) is 1. The molecular formula is C11H20N2O2. The smallest absolute Gasteiger partial charge is 0.236 e. The fraction of sp³-hybridized carbons (Fsp3) is 0.909. The molecular weight excluding hydrogens is 192 g/mol. The van der Waals surface area contributed by atoms with E-state index in [0.29, 0.717) is 18.6 Å². The van der Waals surface area contributed by atoms with Gasteiger partial charge < -0.3 is 15.0 Å². The van der Waals surface area contributed by atoms with Crippen LogP contribution in [0.3, 0.4) is 0 Å². The highest BCUT2D eigenvalue weighted by molar-refractivity contribution is 5.78. The summed E-state index contributed by atoms with van der Waals surface area (Å²) in [7, 11) is 1.90. The lowest BCUT2D eigenvalue weighted by Gasteiger charge is -2.24. The average molecular weight is 212 g/mol. The van der Waals surface area contributed by atoms with E-state index in [0.717, 1.165) is 26.1 Å². The van der Waals surface area contributed by atoms with Crippen LogP contribution in [-0.4, -0.2) is 49.7 Å². The minimum absolute atomic E-state index is 0.211. The first-order chi connectivity index (χ1) is 7.27. The summed E-state index contributed by atoms with van der Waals surface area (Å²) in [5.74, 6) is 0.211. The van der Waals surface area contributed by atoms with E-state index >= 15 is 0 Å². The zero-order chi connectivity index (χ0) is 10.7. The molecule has 2 rings (SSSR count). The predicted octanol–water partition coefficient (Wildman–Crippen LogP) is 0.376. The molecule has 15 heavy (non-hydrogen) atoms. The fourth-order valence-corrected chi connectivity index (χ4v) is 1.92. The summed E-state index contributed by atoms with van der Waals surface area (Å²) in [6, 6.07) is 0.886. The molecule has 2 aliphatic rings. The highest BCUT2D eigenvalue weighted by Crippen LogP contribution is 2.25. The summed E-state index contributed by atoms with van der Waals surface area (Å²) in [5, 5.41) is 3.27. The topological polar surface area (TPSA) is 41.6 Å². The molecule has 1 saturated carbocycles. The number of rotatable bonds is 4. The van der Waals surface area contributed by atoms with Crippen LogP contribution in [0.1, 0.15) is 25.7 Å². The number of carbonyl (C=O) groups is 1. The zero-order valence-electron chi connectivity index (χ0n) is 9.37. The molecule has 2 fully saturated rings. The maximum atomic E-state index is 11.7. The highest BCUT2D eigenvalue weighted by atomic mass is 16.5. The van der Waals surface area contributed by atoms with Crippen molar-refractivity contribution in [3.8, 4) is 0 Å². The van der Waals surface area contributed by atoms with Crippen LogP contribution < -0.4 is 5.32 Å². The molecule has 1 heterocycles. The van der Waals surface area contributed by atoms with Crippen molar-refractivity contribution in [3.63, 3.8) is 0 Å². The summed E-state index contributed by atoms with van der Waals surface area (Å²) in [6.07, 6.45) is 4.58. The number of carbonyl (C=O) groups excluding carboxylic acids is 1. The van der Waals surface area contributed by atoms with Crippen LogP contribution in [0.15, 0.2) is 0 Å². The number of hydrogen-bond donors (Lipinski definition) is 1. The summed E-state index contributed by atoms with van der Waals surface area (Å²) < 4.78 is 5.35. The van der Waals surface area contributed by atoms with Crippen molar-refractivity contribution in [1.29, 1.82) is 0 Å². The second-order valence-corrected chi connectivity index (χ2v) is 4.53. The Hall–Kier alpha value is -0.610. The van der Waals surface area contributed by atoms with E-state index in [1.807, 2.05) is 11.9 Å². The quantitative estimate of drug-likeness (QED) is 0.732. The largest absolute Gasteiger partial charge is 0.380 e. The molecule has 0 bridgehead atoms. The van der Waals surface area contributed by atoms with Crippen molar-refractivity contribution in [2.24, 2.45) is 0 Å². The Bertz CT molecular complexity index is 223. The Morgan fingerprint density at radius 1 is 1.47 bits per heavy atom. The molecule has 1 aliphatic carbocycles. The molecule has 0 spiro atoms. The van der Waals surface area contributed by atoms with Gasteiger partial charge in [-0.3, -0.25) is 4.79 Å². The van der Waals surface area contributed by atoms with Gasteiger partial charge in [-0.1, -0.05) is 0 Å². The standard InChI is InChI=1S/C11H20N2O2/c1-13(10-4-5-10)11(14)7-12-9-3-2-6-15-8-9/h9-10,12H,2-8H2,1H3. The van der Waals surface area contributed by atoms with Gasteiger partial charge in [-0.25, -0.2) is 0 Å². The van der Waals surface area contributed by atoms with Gasteiger partial charge in [-0.2, -0.15) is 0 Å². The van der Waals surface area contributed by atoms with Crippen LogP contribution in [-0.2, 0) is 9.53 Å². The Labute approximate surface area is 91.0 Å². The third kappa shape index (κ3) is 3.18. The van der Waals surface area contributed by atoms with Crippen LogP contribution in [0.2, 0.25) is 0 Å². The molecule has 4 heteroatoms. The lowest BCUT2D eigenvalue weighted by atomic mass is 10.1. The molecule has 1 saturated heterocycles. The van der Waals surface area contributed by atoms with Crippen molar-refractivity contribution in [2.45, 2.75) is 37.8 Å². The minimum Gasteiger partial charge on any atom is -0.380 e. The first kappa shape index (κ1) is 10.9.